The Hall–Kier alpha value is -2.88. The van der Waals surface area contributed by atoms with Gasteiger partial charge in [0.15, 0.2) is 0 Å². The molecule has 1 N–H and O–H groups in total. The molecule has 0 fully saturated rings. The highest BCUT2D eigenvalue weighted by Gasteiger charge is 2.34. The van der Waals surface area contributed by atoms with E-state index in [1.807, 2.05) is 36.8 Å². The second-order valence-corrected chi connectivity index (χ2v) is 7.48. The van der Waals surface area contributed by atoms with Gasteiger partial charge in [0.25, 0.3) is 0 Å². The smallest absolute Gasteiger partial charge is 0.131 e. The predicted octanol–water partition coefficient (Wildman–Crippen LogP) is 4.39. The number of nitrogens with one attached hydrogen (secondary N) is 1. The molecule has 3 aromatic rings. The molecule has 1 aliphatic heterocycles. The van der Waals surface area contributed by atoms with Gasteiger partial charge in [-0.1, -0.05) is 38.1 Å². The fraction of sp³-hybridized carbons (Fsp3) is 0.273. The summed E-state index contributed by atoms with van der Waals surface area (Å²) >= 11 is 0. The zero-order chi connectivity index (χ0) is 18.0. The molecule has 3 heterocycles. The summed E-state index contributed by atoms with van der Waals surface area (Å²) in [6.07, 6.45) is 5.49. The molecule has 26 heavy (non-hydrogen) atoms. The average molecular weight is 344 g/mol. The molecular weight excluding hydrogens is 320 g/mol. The van der Waals surface area contributed by atoms with E-state index in [1.54, 1.807) is 0 Å². The van der Waals surface area contributed by atoms with E-state index in [0.717, 1.165) is 25.5 Å². The lowest BCUT2D eigenvalue weighted by Gasteiger charge is -2.23. The molecule has 0 saturated heterocycles. The van der Waals surface area contributed by atoms with Crippen molar-refractivity contribution in [1.82, 2.24) is 9.97 Å². The molecule has 0 spiro atoms. The summed E-state index contributed by atoms with van der Waals surface area (Å²) in [6.45, 7) is 7.25. The number of hydrogen-bond donors (Lipinski definition) is 1. The van der Waals surface area contributed by atoms with Gasteiger partial charge in [0.1, 0.15) is 5.82 Å². The lowest BCUT2D eigenvalue weighted by Crippen LogP contribution is -2.28. The van der Waals surface area contributed by atoms with Crippen LogP contribution in [0.4, 0.5) is 11.5 Å². The molecule has 4 nitrogen and oxygen atoms in total. The molecule has 1 aliphatic rings. The molecular formula is C22H24N4. The largest absolute Gasteiger partial charge is 0.366 e. The lowest BCUT2D eigenvalue weighted by molar-refractivity contribution is 0.550. The van der Waals surface area contributed by atoms with Crippen LogP contribution >= 0.6 is 0 Å². The van der Waals surface area contributed by atoms with Crippen molar-refractivity contribution in [2.24, 2.45) is 0 Å². The third-order valence-corrected chi connectivity index (χ3v) is 5.02. The molecule has 0 unspecified atom stereocenters. The number of anilines is 2. The highest BCUT2D eigenvalue weighted by atomic mass is 15.2. The van der Waals surface area contributed by atoms with Crippen LogP contribution in [-0.4, -0.2) is 16.5 Å². The summed E-state index contributed by atoms with van der Waals surface area (Å²) in [5.74, 6) is 0.950. The monoisotopic (exact) mass is 344 g/mol. The summed E-state index contributed by atoms with van der Waals surface area (Å²) in [5, 5.41) is 3.48. The standard InChI is InChI=1S/C22H24N4/c1-22(2)16-26(20-8-4-3-7-19(20)22)15-18-6-5-11-24-21(18)25-14-17-9-12-23-13-10-17/h3-13H,14-16H2,1-2H3,(H,24,25). The molecule has 0 atom stereocenters. The molecule has 0 amide bonds. The molecule has 0 bridgehead atoms. The summed E-state index contributed by atoms with van der Waals surface area (Å²) in [6, 6.07) is 17.0. The summed E-state index contributed by atoms with van der Waals surface area (Å²) in [5.41, 5.74) is 5.35. The number of para-hydroxylation sites is 1. The first kappa shape index (κ1) is 16.6. The van der Waals surface area contributed by atoms with Gasteiger partial charge in [0, 0.05) is 54.9 Å². The first-order valence-electron chi connectivity index (χ1n) is 9.05. The van der Waals surface area contributed by atoms with Crippen molar-refractivity contribution in [3.63, 3.8) is 0 Å². The van der Waals surface area contributed by atoms with E-state index in [4.69, 9.17) is 0 Å². The Morgan fingerprint density at radius 3 is 2.65 bits per heavy atom. The van der Waals surface area contributed by atoms with Crippen LogP contribution in [-0.2, 0) is 18.5 Å². The second kappa shape index (κ2) is 6.79. The normalized spacial score (nSPS) is 14.9. The first-order valence-corrected chi connectivity index (χ1v) is 9.05. The molecule has 132 valence electrons. The molecule has 2 aromatic heterocycles. The average Bonchev–Trinajstić information content (AvgIpc) is 2.92. The number of hydrogen-bond acceptors (Lipinski definition) is 4. The lowest BCUT2D eigenvalue weighted by atomic mass is 9.87. The van der Waals surface area contributed by atoms with E-state index in [0.29, 0.717) is 0 Å². The predicted molar refractivity (Wildman–Crippen MR) is 106 cm³/mol. The van der Waals surface area contributed by atoms with Crippen molar-refractivity contribution in [1.29, 1.82) is 0 Å². The highest BCUT2D eigenvalue weighted by Crippen LogP contribution is 2.41. The van der Waals surface area contributed by atoms with Crippen LogP contribution in [0.15, 0.2) is 67.1 Å². The molecule has 0 radical (unpaired) electrons. The van der Waals surface area contributed by atoms with Gasteiger partial charge >= 0.3 is 0 Å². The number of benzene rings is 1. The van der Waals surface area contributed by atoms with Crippen LogP contribution in [0.5, 0.6) is 0 Å². The summed E-state index contributed by atoms with van der Waals surface area (Å²) in [4.78, 5) is 11.1. The maximum Gasteiger partial charge on any atom is 0.131 e. The first-order chi connectivity index (χ1) is 12.6. The minimum absolute atomic E-state index is 0.170. The zero-order valence-corrected chi connectivity index (χ0v) is 15.3. The van der Waals surface area contributed by atoms with Crippen molar-refractivity contribution in [3.8, 4) is 0 Å². The van der Waals surface area contributed by atoms with Gasteiger partial charge in [-0.2, -0.15) is 0 Å². The van der Waals surface area contributed by atoms with Gasteiger partial charge in [0.2, 0.25) is 0 Å². The minimum Gasteiger partial charge on any atom is -0.366 e. The van der Waals surface area contributed by atoms with E-state index >= 15 is 0 Å². The van der Waals surface area contributed by atoms with Gasteiger partial charge in [-0.3, -0.25) is 4.98 Å². The molecule has 1 aromatic carbocycles. The number of fused-ring (bicyclic) bond motifs is 1. The van der Waals surface area contributed by atoms with Gasteiger partial charge in [-0.25, -0.2) is 4.98 Å². The van der Waals surface area contributed by atoms with Gasteiger partial charge in [-0.15, -0.1) is 0 Å². The molecule has 4 rings (SSSR count). The van der Waals surface area contributed by atoms with E-state index in [9.17, 15) is 0 Å². The van der Waals surface area contributed by atoms with Crippen LogP contribution in [0.1, 0.15) is 30.5 Å². The van der Waals surface area contributed by atoms with Crippen LogP contribution in [0.25, 0.3) is 0 Å². The van der Waals surface area contributed by atoms with Gasteiger partial charge < -0.3 is 10.2 Å². The Morgan fingerprint density at radius 1 is 1.00 bits per heavy atom. The Kier molecular flexibility index (Phi) is 4.33. The quantitative estimate of drug-likeness (QED) is 0.745. The Bertz CT molecular complexity index is 889. The van der Waals surface area contributed by atoms with E-state index < -0.39 is 0 Å². The Balaban J connectivity index is 1.54. The topological polar surface area (TPSA) is 41.1 Å². The van der Waals surface area contributed by atoms with E-state index in [-0.39, 0.29) is 5.41 Å². The third kappa shape index (κ3) is 3.27. The minimum atomic E-state index is 0.170. The summed E-state index contributed by atoms with van der Waals surface area (Å²) < 4.78 is 0. The van der Waals surface area contributed by atoms with E-state index in [2.05, 4.69) is 64.4 Å². The summed E-state index contributed by atoms with van der Waals surface area (Å²) in [7, 11) is 0. The van der Waals surface area contributed by atoms with Gasteiger partial charge in [-0.05, 0) is 35.4 Å². The van der Waals surface area contributed by atoms with E-state index in [1.165, 1.54) is 22.4 Å². The van der Waals surface area contributed by atoms with Crippen LogP contribution in [0.2, 0.25) is 0 Å². The van der Waals surface area contributed by atoms with Crippen LogP contribution < -0.4 is 10.2 Å². The Labute approximate surface area is 154 Å². The van der Waals surface area contributed by atoms with Gasteiger partial charge in [0.05, 0.1) is 0 Å². The highest BCUT2D eigenvalue weighted by molar-refractivity contribution is 5.63. The third-order valence-electron chi connectivity index (χ3n) is 5.02. The Morgan fingerprint density at radius 2 is 1.81 bits per heavy atom. The van der Waals surface area contributed by atoms with Crippen molar-refractivity contribution < 1.29 is 0 Å². The fourth-order valence-corrected chi connectivity index (χ4v) is 3.73. The second-order valence-electron chi connectivity index (χ2n) is 7.48. The zero-order valence-electron chi connectivity index (χ0n) is 15.3. The molecule has 0 saturated carbocycles. The molecule has 0 aliphatic carbocycles. The van der Waals surface area contributed by atoms with Crippen molar-refractivity contribution in [2.75, 3.05) is 16.8 Å². The van der Waals surface area contributed by atoms with Crippen LogP contribution in [0, 0.1) is 0 Å². The van der Waals surface area contributed by atoms with Crippen molar-refractivity contribution in [2.45, 2.75) is 32.4 Å². The maximum atomic E-state index is 4.57. The number of nitrogens with zero attached hydrogens (tertiary/aromatic N) is 3. The van der Waals surface area contributed by atoms with Crippen LogP contribution in [0.3, 0.4) is 0 Å². The number of pyridine rings is 2. The maximum absolute atomic E-state index is 4.57. The fourth-order valence-electron chi connectivity index (χ4n) is 3.73. The van der Waals surface area contributed by atoms with Crippen molar-refractivity contribution in [3.05, 3.63) is 83.8 Å². The number of rotatable bonds is 5. The molecule has 4 heteroatoms. The van der Waals surface area contributed by atoms with Crippen molar-refractivity contribution >= 4 is 11.5 Å². The number of aromatic nitrogens is 2. The SMILES string of the molecule is CC1(C)CN(Cc2cccnc2NCc2ccncc2)c2ccccc21.